The van der Waals surface area contributed by atoms with Crippen LogP contribution in [0.4, 0.5) is 4.79 Å². The average Bonchev–Trinajstić information content (AvgIpc) is 3.29. The number of nitrogens with one attached hydrogen (secondary N) is 1. The van der Waals surface area contributed by atoms with E-state index in [0.29, 0.717) is 32.0 Å². The van der Waals surface area contributed by atoms with Crippen LogP contribution in [-0.4, -0.2) is 54.5 Å². The number of furan rings is 1. The molecule has 2 heterocycles. The van der Waals surface area contributed by atoms with Crippen LogP contribution in [0.1, 0.15) is 43.6 Å². The van der Waals surface area contributed by atoms with Crippen LogP contribution in [0.25, 0.3) is 0 Å². The van der Waals surface area contributed by atoms with Gasteiger partial charge in [0.2, 0.25) is 5.91 Å². The maximum absolute atomic E-state index is 12.3. The van der Waals surface area contributed by atoms with Crippen LogP contribution >= 0.6 is 0 Å². The van der Waals surface area contributed by atoms with E-state index in [0.717, 1.165) is 30.9 Å². The molecule has 1 aliphatic carbocycles. The standard InChI is InChI=1S/C19H29N3O3/c1-14-7-8-17(25-14)9-10-20-19(24)21(2)12-15-11-18(23)22(13-15)16-5-3-4-6-16/h7-8,15-16H,3-6,9-13H2,1-2H3,(H,20,24)/t15-/m1/s1. The molecule has 0 radical (unpaired) electrons. The van der Waals surface area contributed by atoms with Gasteiger partial charge in [0.15, 0.2) is 0 Å². The number of urea groups is 1. The summed E-state index contributed by atoms with van der Waals surface area (Å²) in [6.07, 6.45) is 6.00. The summed E-state index contributed by atoms with van der Waals surface area (Å²) in [4.78, 5) is 28.2. The zero-order valence-electron chi connectivity index (χ0n) is 15.3. The van der Waals surface area contributed by atoms with Gasteiger partial charge in [0, 0.05) is 51.5 Å². The minimum Gasteiger partial charge on any atom is -0.466 e. The van der Waals surface area contributed by atoms with Gasteiger partial charge >= 0.3 is 6.03 Å². The zero-order chi connectivity index (χ0) is 17.8. The fourth-order valence-corrected chi connectivity index (χ4v) is 4.02. The second kappa shape index (κ2) is 7.93. The molecule has 0 unspecified atom stereocenters. The highest BCUT2D eigenvalue weighted by Crippen LogP contribution is 2.29. The number of carbonyl (C=O) groups is 2. The lowest BCUT2D eigenvalue weighted by molar-refractivity contribution is -0.129. The quantitative estimate of drug-likeness (QED) is 0.860. The summed E-state index contributed by atoms with van der Waals surface area (Å²) in [5.41, 5.74) is 0. The Balaban J connectivity index is 1.40. The summed E-state index contributed by atoms with van der Waals surface area (Å²) in [7, 11) is 1.80. The number of rotatable bonds is 6. The van der Waals surface area contributed by atoms with Crippen LogP contribution in [-0.2, 0) is 11.2 Å². The third kappa shape index (κ3) is 4.55. The SMILES string of the molecule is Cc1ccc(CCNC(=O)N(C)C[C@H]2CC(=O)N(C3CCCC3)C2)o1. The van der Waals surface area contributed by atoms with E-state index in [1.807, 2.05) is 19.1 Å². The Morgan fingerprint density at radius 1 is 1.36 bits per heavy atom. The van der Waals surface area contributed by atoms with E-state index in [-0.39, 0.29) is 17.9 Å². The smallest absolute Gasteiger partial charge is 0.317 e. The lowest BCUT2D eigenvalue weighted by atomic mass is 10.1. The van der Waals surface area contributed by atoms with Crippen LogP contribution < -0.4 is 5.32 Å². The van der Waals surface area contributed by atoms with Crippen molar-refractivity contribution in [3.63, 3.8) is 0 Å². The maximum Gasteiger partial charge on any atom is 0.317 e. The van der Waals surface area contributed by atoms with Gasteiger partial charge in [-0.25, -0.2) is 4.79 Å². The van der Waals surface area contributed by atoms with Crippen molar-refractivity contribution < 1.29 is 14.0 Å². The lowest BCUT2D eigenvalue weighted by Crippen LogP contribution is -2.41. The highest BCUT2D eigenvalue weighted by Gasteiger charge is 2.36. The third-order valence-electron chi connectivity index (χ3n) is 5.33. The highest BCUT2D eigenvalue weighted by molar-refractivity contribution is 5.79. The molecule has 1 N–H and O–H groups in total. The highest BCUT2D eigenvalue weighted by atomic mass is 16.3. The Bertz CT molecular complexity index is 607. The molecule has 1 aliphatic heterocycles. The maximum atomic E-state index is 12.3. The first kappa shape index (κ1) is 17.8. The van der Waals surface area contributed by atoms with E-state index in [1.165, 1.54) is 12.8 Å². The molecule has 0 bridgehead atoms. The minimum absolute atomic E-state index is 0.0879. The predicted molar refractivity (Wildman–Crippen MR) is 95.3 cm³/mol. The Labute approximate surface area is 149 Å². The molecule has 3 rings (SSSR count). The number of nitrogens with zero attached hydrogens (tertiary/aromatic N) is 2. The molecule has 138 valence electrons. The Morgan fingerprint density at radius 3 is 2.80 bits per heavy atom. The minimum atomic E-state index is -0.0879. The van der Waals surface area contributed by atoms with Gasteiger partial charge in [-0.05, 0) is 31.9 Å². The van der Waals surface area contributed by atoms with Crippen molar-refractivity contribution in [2.75, 3.05) is 26.7 Å². The van der Waals surface area contributed by atoms with Gasteiger partial charge in [0.05, 0.1) is 0 Å². The summed E-state index contributed by atoms with van der Waals surface area (Å²) in [6.45, 7) is 3.88. The first-order valence-corrected chi connectivity index (χ1v) is 9.36. The molecule has 1 atom stereocenters. The molecule has 25 heavy (non-hydrogen) atoms. The fourth-order valence-electron chi connectivity index (χ4n) is 4.02. The molecule has 0 aromatic carbocycles. The number of amides is 3. The summed E-state index contributed by atoms with van der Waals surface area (Å²) >= 11 is 0. The number of hydrogen-bond acceptors (Lipinski definition) is 3. The van der Waals surface area contributed by atoms with E-state index in [4.69, 9.17) is 4.42 Å². The first-order chi connectivity index (χ1) is 12.0. The van der Waals surface area contributed by atoms with E-state index in [1.54, 1.807) is 11.9 Å². The monoisotopic (exact) mass is 347 g/mol. The second-order valence-corrected chi connectivity index (χ2v) is 7.43. The van der Waals surface area contributed by atoms with Crippen molar-refractivity contribution in [3.8, 4) is 0 Å². The Kier molecular flexibility index (Phi) is 5.66. The molecule has 1 saturated heterocycles. The number of aryl methyl sites for hydroxylation is 1. The van der Waals surface area contributed by atoms with Crippen LogP contribution in [0.15, 0.2) is 16.5 Å². The predicted octanol–water partition coefficient (Wildman–Crippen LogP) is 2.56. The van der Waals surface area contributed by atoms with Crippen LogP contribution in [0.3, 0.4) is 0 Å². The van der Waals surface area contributed by atoms with Gasteiger partial charge in [-0.15, -0.1) is 0 Å². The van der Waals surface area contributed by atoms with E-state index in [9.17, 15) is 9.59 Å². The number of likely N-dealkylation sites (tertiary alicyclic amines) is 1. The molecule has 1 saturated carbocycles. The van der Waals surface area contributed by atoms with Crippen molar-refractivity contribution in [2.24, 2.45) is 5.92 Å². The number of hydrogen-bond donors (Lipinski definition) is 1. The van der Waals surface area contributed by atoms with Gasteiger partial charge in [0.1, 0.15) is 11.5 Å². The summed E-state index contributed by atoms with van der Waals surface area (Å²) < 4.78 is 5.50. The zero-order valence-corrected chi connectivity index (χ0v) is 15.3. The van der Waals surface area contributed by atoms with Crippen molar-refractivity contribution in [3.05, 3.63) is 23.7 Å². The molecule has 6 nitrogen and oxygen atoms in total. The van der Waals surface area contributed by atoms with Crippen molar-refractivity contribution >= 4 is 11.9 Å². The van der Waals surface area contributed by atoms with E-state index in [2.05, 4.69) is 10.2 Å². The van der Waals surface area contributed by atoms with Crippen LogP contribution in [0.5, 0.6) is 0 Å². The molecule has 3 amide bonds. The van der Waals surface area contributed by atoms with Gasteiger partial charge in [-0.2, -0.15) is 0 Å². The van der Waals surface area contributed by atoms with Gasteiger partial charge in [-0.1, -0.05) is 12.8 Å². The average molecular weight is 347 g/mol. The molecule has 2 aliphatic rings. The normalized spacial score (nSPS) is 21.1. The fraction of sp³-hybridized carbons (Fsp3) is 0.684. The third-order valence-corrected chi connectivity index (χ3v) is 5.33. The van der Waals surface area contributed by atoms with Crippen LogP contribution in [0.2, 0.25) is 0 Å². The van der Waals surface area contributed by atoms with Crippen molar-refractivity contribution in [1.29, 1.82) is 0 Å². The second-order valence-electron chi connectivity index (χ2n) is 7.43. The van der Waals surface area contributed by atoms with Gasteiger partial charge in [-0.3, -0.25) is 4.79 Å². The molecular formula is C19H29N3O3. The molecule has 2 fully saturated rings. The number of carbonyl (C=O) groups excluding carboxylic acids is 2. The molecule has 6 heteroatoms. The lowest BCUT2D eigenvalue weighted by Gasteiger charge is -2.25. The van der Waals surface area contributed by atoms with Crippen molar-refractivity contribution in [1.82, 2.24) is 15.1 Å². The summed E-state index contributed by atoms with van der Waals surface area (Å²) in [6, 6.07) is 4.21. The van der Waals surface area contributed by atoms with Gasteiger partial charge < -0.3 is 19.5 Å². The van der Waals surface area contributed by atoms with E-state index >= 15 is 0 Å². The molecule has 1 aromatic heterocycles. The Morgan fingerprint density at radius 2 is 2.12 bits per heavy atom. The van der Waals surface area contributed by atoms with Crippen molar-refractivity contribution in [2.45, 2.75) is 51.5 Å². The summed E-state index contributed by atoms with van der Waals surface area (Å²) in [5.74, 6) is 2.28. The topological polar surface area (TPSA) is 65.8 Å². The van der Waals surface area contributed by atoms with Gasteiger partial charge in [0.25, 0.3) is 0 Å². The largest absolute Gasteiger partial charge is 0.466 e. The molecule has 0 spiro atoms. The van der Waals surface area contributed by atoms with E-state index < -0.39 is 0 Å². The van der Waals surface area contributed by atoms with Crippen LogP contribution in [0, 0.1) is 12.8 Å². The Hall–Kier alpha value is -1.98. The molecular weight excluding hydrogens is 318 g/mol. The first-order valence-electron chi connectivity index (χ1n) is 9.36. The summed E-state index contributed by atoms with van der Waals surface area (Å²) in [5, 5.41) is 2.92. The molecule has 1 aromatic rings.